The van der Waals surface area contributed by atoms with Gasteiger partial charge in [-0.2, -0.15) is 0 Å². The van der Waals surface area contributed by atoms with Crippen LogP contribution in [-0.2, 0) is 20.7 Å². The van der Waals surface area contributed by atoms with E-state index in [1.807, 2.05) is 0 Å². The van der Waals surface area contributed by atoms with Crippen LogP contribution in [0.25, 0.3) is 6.08 Å². The Kier molecular flexibility index (Phi) is 7.06. The zero-order valence-electron chi connectivity index (χ0n) is 14.1. The maximum Gasteiger partial charge on any atom is 0.330 e. The molecule has 0 spiro atoms. The number of methoxy groups -OCH3 is 2. The Morgan fingerprint density at radius 2 is 1.81 bits per heavy atom. The summed E-state index contributed by atoms with van der Waals surface area (Å²) in [5, 5.41) is 0.883. The van der Waals surface area contributed by atoms with Gasteiger partial charge in [0.15, 0.2) is 11.5 Å². The van der Waals surface area contributed by atoms with Crippen molar-refractivity contribution in [3.8, 4) is 11.5 Å². The summed E-state index contributed by atoms with van der Waals surface area (Å²) in [5.41, 5.74) is 1.30. The van der Waals surface area contributed by atoms with Gasteiger partial charge in [-0.1, -0.05) is 35.3 Å². The molecule has 0 aliphatic carbocycles. The first-order valence-electron chi connectivity index (χ1n) is 7.51. The molecule has 0 amide bonds. The number of hydrogen-bond donors (Lipinski definition) is 0. The molecule has 2 rings (SSSR count). The molecular weight excluding hydrogens is 379 g/mol. The van der Waals surface area contributed by atoms with Crippen molar-refractivity contribution in [2.24, 2.45) is 0 Å². The van der Waals surface area contributed by atoms with Crippen molar-refractivity contribution in [3.63, 3.8) is 0 Å². The van der Waals surface area contributed by atoms with Gasteiger partial charge in [0, 0.05) is 16.1 Å². The van der Waals surface area contributed by atoms with Crippen LogP contribution in [0, 0.1) is 0 Å². The lowest BCUT2D eigenvalue weighted by Gasteiger charge is -2.10. The summed E-state index contributed by atoms with van der Waals surface area (Å²) in [6.07, 6.45) is 2.83. The Labute approximate surface area is 161 Å². The average molecular weight is 395 g/mol. The van der Waals surface area contributed by atoms with E-state index in [0.717, 1.165) is 0 Å². The molecule has 0 aromatic heterocycles. The Morgan fingerprint density at radius 3 is 2.46 bits per heavy atom. The normalized spacial score (nSPS) is 10.6. The molecule has 0 heterocycles. The van der Waals surface area contributed by atoms with Crippen LogP contribution in [0.5, 0.6) is 11.5 Å². The summed E-state index contributed by atoms with van der Waals surface area (Å²) in [5.74, 6) is -0.352. The molecule has 0 radical (unpaired) electrons. The third-order valence-electron chi connectivity index (χ3n) is 3.37. The van der Waals surface area contributed by atoms with Crippen LogP contribution < -0.4 is 9.47 Å². The highest BCUT2D eigenvalue weighted by atomic mass is 35.5. The Balaban J connectivity index is 2.11. The molecule has 0 N–H and O–H groups in total. The highest BCUT2D eigenvalue weighted by molar-refractivity contribution is 6.35. The molecule has 0 aliphatic heterocycles. The van der Waals surface area contributed by atoms with Gasteiger partial charge in [-0.25, -0.2) is 4.79 Å². The first-order chi connectivity index (χ1) is 12.4. The molecule has 0 atom stereocenters. The number of carbonyl (C=O) groups excluding carboxylic acids is 2. The maximum absolute atomic E-state index is 12.2. The van der Waals surface area contributed by atoms with E-state index in [1.54, 1.807) is 42.5 Å². The first kappa shape index (κ1) is 19.8. The predicted molar refractivity (Wildman–Crippen MR) is 99.8 cm³/mol. The lowest BCUT2D eigenvalue weighted by molar-refractivity contribution is -0.135. The van der Waals surface area contributed by atoms with Gasteiger partial charge in [-0.05, 0) is 41.5 Å². The summed E-state index contributed by atoms with van der Waals surface area (Å²) in [4.78, 5) is 23.3. The lowest BCUT2D eigenvalue weighted by Crippen LogP contribution is -2.12. The molecule has 0 fully saturated rings. The average Bonchev–Trinajstić information content (AvgIpc) is 2.62. The van der Waals surface area contributed by atoms with E-state index < -0.39 is 11.9 Å². The van der Waals surface area contributed by atoms with E-state index in [4.69, 9.17) is 32.7 Å². The summed E-state index contributed by atoms with van der Waals surface area (Å²) in [7, 11) is 2.75. The van der Waals surface area contributed by atoms with Crippen LogP contribution in [0.3, 0.4) is 0 Å². The number of benzene rings is 2. The fraction of sp³-hybridized carbons (Fsp3) is 0.158. The number of carbonyl (C=O) groups is 2. The van der Waals surface area contributed by atoms with E-state index in [9.17, 15) is 9.59 Å². The van der Waals surface area contributed by atoms with Crippen LogP contribution in [0.1, 0.15) is 11.1 Å². The first-order valence-corrected chi connectivity index (χ1v) is 8.27. The summed E-state index contributed by atoms with van der Waals surface area (Å²) in [6, 6.07) is 9.78. The third kappa shape index (κ3) is 5.51. The molecule has 0 saturated carbocycles. The van der Waals surface area contributed by atoms with E-state index in [2.05, 4.69) is 4.74 Å². The lowest BCUT2D eigenvalue weighted by atomic mass is 10.1. The van der Waals surface area contributed by atoms with Crippen molar-refractivity contribution in [2.45, 2.75) is 6.42 Å². The van der Waals surface area contributed by atoms with Crippen molar-refractivity contribution in [1.29, 1.82) is 0 Å². The van der Waals surface area contributed by atoms with Crippen molar-refractivity contribution < 1.29 is 23.8 Å². The minimum Gasteiger partial charge on any atom is -0.493 e. The molecule has 5 nitrogen and oxygen atoms in total. The van der Waals surface area contributed by atoms with E-state index in [-0.39, 0.29) is 12.2 Å². The Hall–Kier alpha value is -2.50. The van der Waals surface area contributed by atoms with Gasteiger partial charge in [0.2, 0.25) is 0 Å². The van der Waals surface area contributed by atoms with Gasteiger partial charge >= 0.3 is 11.9 Å². The van der Waals surface area contributed by atoms with Crippen molar-refractivity contribution in [2.75, 3.05) is 14.2 Å². The van der Waals surface area contributed by atoms with Crippen LogP contribution in [-0.4, -0.2) is 26.2 Å². The largest absolute Gasteiger partial charge is 0.493 e. The van der Waals surface area contributed by atoms with E-state index >= 15 is 0 Å². The molecule has 26 heavy (non-hydrogen) atoms. The van der Waals surface area contributed by atoms with Crippen molar-refractivity contribution >= 4 is 41.2 Å². The maximum atomic E-state index is 12.2. The number of ether oxygens (including phenoxy) is 3. The summed E-state index contributed by atoms with van der Waals surface area (Å²) < 4.78 is 15.1. The highest BCUT2D eigenvalue weighted by Gasteiger charge is 2.13. The SMILES string of the molecule is COC(=O)/C=C/c1ccc(OC(=O)Cc2ccc(Cl)cc2Cl)c(OC)c1. The standard InChI is InChI=1S/C19H16Cl2O5/c1-24-17-9-12(4-8-18(22)25-2)3-7-16(17)26-19(23)10-13-5-6-14(20)11-15(13)21/h3-9,11H,10H2,1-2H3/b8-4+. The predicted octanol–water partition coefficient (Wildman–Crippen LogP) is 4.34. The van der Waals surface area contributed by atoms with Crippen molar-refractivity contribution in [1.82, 2.24) is 0 Å². The fourth-order valence-electron chi connectivity index (χ4n) is 2.08. The Bertz CT molecular complexity index is 846. The molecule has 0 bridgehead atoms. The van der Waals surface area contributed by atoms with Gasteiger partial charge in [-0.3, -0.25) is 4.79 Å². The molecule has 2 aromatic carbocycles. The molecule has 136 valence electrons. The smallest absolute Gasteiger partial charge is 0.330 e. The quantitative estimate of drug-likeness (QED) is 0.414. The van der Waals surface area contributed by atoms with Gasteiger partial charge in [0.25, 0.3) is 0 Å². The number of hydrogen-bond acceptors (Lipinski definition) is 5. The van der Waals surface area contributed by atoms with E-state index in [0.29, 0.717) is 26.9 Å². The zero-order chi connectivity index (χ0) is 19.1. The highest BCUT2D eigenvalue weighted by Crippen LogP contribution is 2.29. The molecule has 0 unspecified atom stereocenters. The Morgan fingerprint density at radius 1 is 1.04 bits per heavy atom. The molecule has 0 saturated heterocycles. The number of halogens is 2. The van der Waals surface area contributed by atoms with Crippen LogP contribution in [0.2, 0.25) is 10.0 Å². The van der Waals surface area contributed by atoms with Gasteiger partial charge < -0.3 is 14.2 Å². The summed E-state index contributed by atoms with van der Waals surface area (Å²) >= 11 is 11.9. The van der Waals surface area contributed by atoms with Crippen molar-refractivity contribution in [3.05, 3.63) is 63.6 Å². The second kappa shape index (κ2) is 9.27. The monoisotopic (exact) mass is 394 g/mol. The van der Waals surface area contributed by atoms with Gasteiger partial charge in [0.1, 0.15) is 0 Å². The second-order valence-electron chi connectivity index (χ2n) is 5.15. The van der Waals surface area contributed by atoms with Gasteiger partial charge in [0.05, 0.1) is 20.6 Å². The topological polar surface area (TPSA) is 61.8 Å². The van der Waals surface area contributed by atoms with Crippen LogP contribution in [0.15, 0.2) is 42.5 Å². The number of esters is 2. The minimum atomic E-state index is -0.495. The molecule has 2 aromatic rings. The zero-order valence-corrected chi connectivity index (χ0v) is 15.6. The van der Waals surface area contributed by atoms with Crippen LogP contribution >= 0.6 is 23.2 Å². The molecule has 7 heteroatoms. The number of rotatable bonds is 6. The molecule has 0 aliphatic rings. The third-order valence-corrected chi connectivity index (χ3v) is 3.96. The van der Waals surface area contributed by atoms with E-state index in [1.165, 1.54) is 20.3 Å². The minimum absolute atomic E-state index is 0.0108. The fourth-order valence-corrected chi connectivity index (χ4v) is 2.56. The second-order valence-corrected chi connectivity index (χ2v) is 6.00. The molecular formula is C19H16Cl2O5. The summed E-state index contributed by atoms with van der Waals surface area (Å²) in [6.45, 7) is 0. The van der Waals surface area contributed by atoms with Gasteiger partial charge in [-0.15, -0.1) is 0 Å². The van der Waals surface area contributed by atoms with Crippen LogP contribution in [0.4, 0.5) is 0 Å².